The van der Waals surface area contributed by atoms with Crippen molar-refractivity contribution in [2.75, 3.05) is 0 Å². The van der Waals surface area contributed by atoms with Crippen LogP contribution in [0.25, 0.3) is 22.3 Å². The van der Waals surface area contributed by atoms with Crippen molar-refractivity contribution in [2.24, 2.45) is 5.92 Å². The average Bonchev–Trinajstić information content (AvgIpc) is 3.01. The SMILES string of the molecule is N#CC=C1CC(Cn2cc(-c3cnc4ccccc4n3)cn2)C1. The van der Waals surface area contributed by atoms with Gasteiger partial charge in [0.1, 0.15) is 0 Å². The number of hydrogen-bond acceptors (Lipinski definition) is 4. The molecule has 5 heteroatoms. The summed E-state index contributed by atoms with van der Waals surface area (Å²) in [6, 6.07) is 9.94. The summed E-state index contributed by atoms with van der Waals surface area (Å²) >= 11 is 0. The molecule has 5 nitrogen and oxygen atoms in total. The minimum Gasteiger partial charge on any atom is -0.272 e. The molecule has 3 aromatic rings. The Morgan fingerprint density at radius 2 is 2.04 bits per heavy atom. The molecular formula is C18H15N5. The molecule has 0 bridgehead atoms. The number of para-hydroxylation sites is 2. The second kappa shape index (κ2) is 5.65. The summed E-state index contributed by atoms with van der Waals surface area (Å²) in [6.45, 7) is 0.879. The van der Waals surface area contributed by atoms with Crippen LogP contribution < -0.4 is 0 Å². The van der Waals surface area contributed by atoms with E-state index >= 15 is 0 Å². The number of nitrogens with zero attached hydrogens (tertiary/aromatic N) is 5. The molecule has 0 saturated heterocycles. The summed E-state index contributed by atoms with van der Waals surface area (Å²) < 4.78 is 1.96. The van der Waals surface area contributed by atoms with Crippen LogP contribution in [0.15, 0.2) is 54.5 Å². The van der Waals surface area contributed by atoms with E-state index in [9.17, 15) is 0 Å². The van der Waals surface area contributed by atoms with Gasteiger partial charge in [-0.25, -0.2) is 4.98 Å². The van der Waals surface area contributed by atoms with Crippen LogP contribution in [-0.4, -0.2) is 19.7 Å². The monoisotopic (exact) mass is 301 g/mol. The van der Waals surface area contributed by atoms with Gasteiger partial charge < -0.3 is 0 Å². The fraction of sp³-hybridized carbons (Fsp3) is 0.222. The fourth-order valence-electron chi connectivity index (χ4n) is 2.98. The fourth-order valence-corrected chi connectivity index (χ4v) is 2.98. The first kappa shape index (κ1) is 13.6. The third kappa shape index (κ3) is 2.71. The average molecular weight is 301 g/mol. The van der Waals surface area contributed by atoms with Crippen molar-refractivity contribution < 1.29 is 0 Å². The van der Waals surface area contributed by atoms with Gasteiger partial charge in [0.15, 0.2) is 0 Å². The number of fused-ring (bicyclic) bond motifs is 1. The van der Waals surface area contributed by atoms with Crippen molar-refractivity contribution in [3.63, 3.8) is 0 Å². The first-order valence-corrected chi connectivity index (χ1v) is 7.64. The van der Waals surface area contributed by atoms with E-state index in [1.165, 1.54) is 5.57 Å². The van der Waals surface area contributed by atoms with Crippen LogP contribution in [0.2, 0.25) is 0 Å². The van der Waals surface area contributed by atoms with Crippen LogP contribution in [0, 0.1) is 17.2 Å². The van der Waals surface area contributed by atoms with Gasteiger partial charge in [0.25, 0.3) is 0 Å². The summed E-state index contributed by atoms with van der Waals surface area (Å²) in [5.41, 5.74) is 4.85. The van der Waals surface area contributed by atoms with E-state index in [0.717, 1.165) is 41.7 Å². The molecular weight excluding hydrogens is 286 g/mol. The van der Waals surface area contributed by atoms with E-state index in [0.29, 0.717) is 5.92 Å². The zero-order valence-electron chi connectivity index (χ0n) is 12.6. The largest absolute Gasteiger partial charge is 0.272 e. The van der Waals surface area contributed by atoms with E-state index in [1.54, 1.807) is 12.3 Å². The molecule has 23 heavy (non-hydrogen) atoms. The Morgan fingerprint density at radius 3 is 2.87 bits per heavy atom. The van der Waals surface area contributed by atoms with Gasteiger partial charge >= 0.3 is 0 Å². The summed E-state index contributed by atoms with van der Waals surface area (Å²) in [6.07, 6.45) is 9.31. The number of nitriles is 1. The van der Waals surface area contributed by atoms with Crippen molar-refractivity contribution in [2.45, 2.75) is 19.4 Å². The van der Waals surface area contributed by atoms with E-state index < -0.39 is 0 Å². The number of rotatable bonds is 3. The van der Waals surface area contributed by atoms with Gasteiger partial charge in [0.05, 0.1) is 35.2 Å². The lowest BCUT2D eigenvalue weighted by atomic mass is 9.80. The standard InChI is InChI=1S/C18H15N5/c19-6-5-13-7-14(8-13)11-23-12-15(9-21-23)18-10-20-16-3-1-2-4-17(16)22-18/h1-5,9-10,12,14H,7-8,11H2. The summed E-state index contributed by atoms with van der Waals surface area (Å²) in [7, 11) is 0. The second-order valence-electron chi connectivity index (χ2n) is 5.90. The maximum absolute atomic E-state index is 8.63. The summed E-state index contributed by atoms with van der Waals surface area (Å²) in [4.78, 5) is 9.10. The predicted molar refractivity (Wildman–Crippen MR) is 87.2 cm³/mol. The Kier molecular flexibility index (Phi) is 3.35. The highest BCUT2D eigenvalue weighted by Gasteiger charge is 2.23. The predicted octanol–water partition coefficient (Wildman–Crippen LogP) is 3.35. The van der Waals surface area contributed by atoms with Crippen molar-refractivity contribution in [1.29, 1.82) is 5.26 Å². The molecule has 0 unspecified atom stereocenters. The lowest BCUT2D eigenvalue weighted by molar-refractivity contribution is 0.343. The Morgan fingerprint density at radius 1 is 1.22 bits per heavy atom. The molecule has 4 rings (SSSR count). The van der Waals surface area contributed by atoms with Crippen LogP contribution >= 0.6 is 0 Å². The lowest BCUT2D eigenvalue weighted by Gasteiger charge is -2.28. The molecule has 0 atom stereocenters. The molecule has 0 N–H and O–H groups in total. The maximum atomic E-state index is 8.63. The third-order valence-corrected chi connectivity index (χ3v) is 4.19. The normalized spacial score (nSPS) is 16.8. The molecule has 1 fully saturated rings. The highest BCUT2D eigenvalue weighted by molar-refractivity contribution is 5.76. The van der Waals surface area contributed by atoms with Crippen LogP contribution in [0.1, 0.15) is 12.8 Å². The first-order valence-electron chi connectivity index (χ1n) is 7.64. The lowest BCUT2D eigenvalue weighted by Crippen LogP contribution is -2.20. The minimum absolute atomic E-state index is 0.574. The van der Waals surface area contributed by atoms with E-state index in [4.69, 9.17) is 5.26 Å². The Labute approximate surface area is 133 Å². The first-order chi connectivity index (χ1) is 11.3. The Bertz CT molecular complexity index is 924. The van der Waals surface area contributed by atoms with Gasteiger partial charge in [-0.2, -0.15) is 10.4 Å². The molecule has 1 saturated carbocycles. The van der Waals surface area contributed by atoms with Gasteiger partial charge in [-0.3, -0.25) is 9.67 Å². The third-order valence-electron chi connectivity index (χ3n) is 4.19. The molecule has 0 amide bonds. The zero-order valence-corrected chi connectivity index (χ0v) is 12.6. The van der Waals surface area contributed by atoms with Crippen LogP contribution in [0.4, 0.5) is 0 Å². The van der Waals surface area contributed by atoms with Gasteiger partial charge in [0.2, 0.25) is 0 Å². The van der Waals surface area contributed by atoms with Gasteiger partial charge in [-0.1, -0.05) is 17.7 Å². The van der Waals surface area contributed by atoms with Crippen molar-refractivity contribution in [1.82, 2.24) is 19.7 Å². The summed E-state index contributed by atoms with van der Waals surface area (Å²) in [5, 5.41) is 13.1. The van der Waals surface area contributed by atoms with Crippen molar-refractivity contribution in [3.05, 3.63) is 54.5 Å². The van der Waals surface area contributed by atoms with Crippen LogP contribution in [-0.2, 0) is 6.54 Å². The number of allylic oxidation sites excluding steroid dienone is 2. The molecule has 1 aliphatic carbocycles. The highest BCUT2D eigenvalue weighted by Crippen LogP contribution is 2.34. The minimum atomic E-state index is 0.574. The van der Waals surface area contributed by atoms with E-state index in [1.807, 2.05) is 41.3 Å². The molecule has 0 spiro atoms. The van der Waals surface area contributed by atoms with Crippen LogP contribution in [0.3, 0.4) is 0 Å². The number of hydrogen-bond donors (Lipinski definition) is 0. The van der Waals surface area contributed by atoms with Gasteiger partial charge in [0, 0.05) is 24.4 Å². The van der Waals surface area contributed by atoms with E-state index in [-0.39, 0.29) is 0 Å². The topological polar surface area (TPSA) is 67.4 Å². The molecule has 2 aromatic heterocycles. The number of benzene rings is 1. The molecule has 112 valence electrons. The van der Waals surface area contributed by atoms with E-state index in [2.05, 4.69) is 21.1 Å². The maximum Gasteiger partial charge on any atom is 0.0924 e. The zero-order chi connectivity index (χ0) is 15.6. The van der Waals surface area contributed by atoms with Gasteiger partial charge in [-0.05, 0) is 30.9 Å². The molecule has 1 aromatic carbocycles. The Hall–Kier alpha value is -3.00. The second-order valence-corrected chi connectivity index (χ2v) is 5.90. The molecule has 1 aliphatic rings. The summed E-state index contributed by atoms with van der Waals surface area (Å²) in [5.74, 6) is 0.574. The van der Waals surface area contributed by atoms with Crippen molar-refractivity contribution >= 4 is 11.0 Å². The highest BCUT2D eigenvalue weighted by atomic mass is 15.3. The Balaban J connectivity index is 1.51. The molecule has 2 heterocycles. The number of aromatic nitrogens is 4. The van der Waals surface area contributed by atoms with Gasteiger partial charge in [-0.15, -0.1) is 0 Å². The molecule has 0 radical (unpaired) electrons. The molecule has 0 aliphatic heterocycles. The van der Waals surface area contributed by atoms with Crippen molar-refractivity contribution in [3.8, 4) is 17.3 Å². The quantitative estimate of drug-likeness (QED) is 0.696. The smallest absolute Gasteiger partial charge is 0.0924 e. The van der Waals surface area contributed by atoms with Crippen LogP contribution in [0.5, 0.6) is 0 Å².